The van der Waals surface area contributed by atoms with Crippen molar-refractivity contribution < 1.29 is 37.1 Å². The Morgan fingerprint density at radius 1 is 0.714 bits per heavy atom. The van der Waals surface area contributed by atoms with Crippen LogP contribution in [0.4, 0.5) is 0 Å². The summed E-state index contributed by atoms with van der Waals surface area (Å²) in [6.45, 7) is 10.3. The number of rotatable bonds is 9. The van der Waals surface area contributed by atoms with E-state index < -0.39 is 0 Å². The molecule has 2 aliphatic rings. The summed E-state index contributed by atoms with van der Waals surface area (Å²) in [6, 6.07) is 47.4. The molecule has 10 rings (SSSR count). The van der Waals surface area contributed by atoms with Gasteiger partial charge in [-0.2, -0.15) is 0 Å². The average molecular weight is 897 g/mol. The van der Waals surface area contributed by atoms with Crippen molar-refractivity contribution in [2.75, 3.05) is 0 Å². The standard InChI is InChI=1S/C54H41N3O.2C2H6.Y/c1-2-42-46-35-40(43-20-10-11-22-45(43)50-24-12-14-33-56-50)26-29-52(46)57(51(42)25-15-19-38-18-8-9-21-44(38)49-23-7-4-13-32-55-49)41-28-31-54-48(36-41)47-34-39(27-30-53(47)58-54)37-16-5-3-6-17-37;2*1-2;/h3-6,8-18,20-27,29-30,32-36H,2,19,28,31H2,1H3;2*1-2H3;/b25-15-;;;. The molecule has 1 aliphatic heterocycles. The fourth-order valence-electron chi connectivity index (χ4n) is 8.64. The molecule has 1 radical (unpaired) electrons. The van der Waals surface area contributed by atoms with Gasteiger partial charge in [0.15, 0.2) is 0 Å². The third-order valence-electron chi connectivity index (χ3n) is 11.4. The first-order valence-corrected chi connectivity index (χ1v) is 22.1. The van der Waals surface area contributed by atoms with E-state index in [0.717, 1.165) is 64.9 Å². The molecule has 1 aliphatic carbocycles. The smallest absolute Gasteiger partial charge is 0.134 e. The molecule has 0 unspecified atom stereocenters. The first-order valence-electron chi connectivity index (χ1n) is 22.1. The number of allylic oxidation sites excluding steroid dienone is 4. The Balaban J connectivity index is 0.00000116. The normalized spacial score (nSPS) is 12.7. The molecule has 0 saturated carbocycles. The minimum absolute atomic E-state index is 0. The Kier molecular flexibility index (Phi) is 15.2. The average Bonchev–Trinajstić information content (AvgIpc) is 3.72. The summed E-state index contributed by atoms with van der Waals surface area (Å²) < 4.78 is 9.02. The van der Waals surface area contributed by atoms with E-state index in [2.05, 4.69) is 163 Å². The van der Waals surface area contributed by atoms with Gasteiger partial charge in [-0.05, 0) is 113 Å². The van der Waals surface area contributed by atoms with Crippen molar-refractivity contribution in [3.8, 4) is 33.5 Å². The predicted octanol–water partition coefficient (Wildman–Crippen LogP) is 15.6. The number of aromatic nitrogens is 2. The summed E-state index contributed by atoms with van der Waals surface area (Å²) in [5, 5.41) is 2.42. The quantitative estimate of drug-likeness (QED) is 0.136. The second-order valence-electron chi connectivity index (χ2n) is 14.8. The maximum atomic E-state index is 6.51. The number of nitrogens with zero attached hydrogens (tertiary/aromatic N) is 3. The number of hydrogen-bond acceptors (Lipinski definition) is 3. The number of furan rings is 1. The zero-order chi connectivity index (χ0) is 42.8. The van der Waals surface area contributed by atoms with Gasteiger partial charge in [-0.3, -0.25) is 9.98 Å². The maximum absolute atomic E-state index is 6.51. The van der Waals surface area contributed by atoms with E-state index in [1.54, 1.807) is 0 Å². The van der Waals surface area contributed by atoms with Crippen LogP contribution in [0.2, 0.25) is 0 Å². The molecular weight excluding hydrogens is 844 g/mol. The van der Waals surface area contributed by atoms with Crippen molar-refractivity contribution in [2.24, 2.45) is 4.99 Å². The van der Waals surface area contributed by atoms with Crippen molar-refractivity contribution in [1.82, 2.24) is 9.55 Å². The first-order chi connectivity index (χ1) is 30.7. The number of aryl methyl sites for hydroxylation is 2. The van der Waals surface area contributed by atoms with Crippen LogP contribution < -0.4 is 0 Å². The van der Waals surface area contributed by atoms with Crippen LogP contribution >= 0.6 is 0 Å². The minimum atomic E-state index is 0. The second-order valence-corrected chi connectivity index (χ2v) is 14.8. The SMILES string of the molecule is CC.CC.CCc1c(/C=C\Cc2ccccc2C2=NC=CC=C=C2)n(C2=Cc3c(oc4ccc(-c5ccccc5)cc34)CC2)c2ccc(-c3ccccc3-c3ccccn3)cc12.[Y]. The summed E-state index contributed by atoms with van der Waals surface area (Å²) in [7, 11) is 0. The summed E-state index contributed by atoms with van der Waals surface area (Å²) in [4.78, 5) is 9.43. The summed E-state index contributed by atoms with van der Waals surface area (Å²) in [5.41, 5.74) is 20.5. The summed E-state index contributed by atoms with van der Waals surface area (Å²) >= 11 is 0. The van der Waals surface area contributed by atoms with Crippen LogP contribution in [0.1, 0.15) is 74.7 Å². The van der Waals surface area contributed by atoms with Gasteiger partial charge in [0.25, 0.3) is 0 Å². The van der Waals surface area contributed by atoms with E-state index in [-0.39, 0.29) is 32.7 Å². The van der Waals surface area contributed by atoms with Gasteiger partial charge in [0.2, 0.25) is 0 Å². The van der Waals surface area contributed by atoms with E-state index in [1.165, 1.54) is 61.2 Å². The van der Waals surface area contributed by atoms with Crippen LogP contribution in [0.3, 0.4) is 0 Å². The molecule has 0 spiro atoms. The molecule has 4 heterocycles. The molecule has 5 heteroatoms. The minimum Gasteiger partial charge on any atom is -0.460 e. The van der Waals surface area contributed by atoms with Crippen molar-refractivity contribution in [3.05, 3.63) is 210 Å². The Morgan fingerprint density at radius 2 is 1.44 bits per heavy atom. The molecule has 8 aromatic rings. The van der Waals surface area contributed by atoms with Crippen LogP contribution in [0, 0.1) is 0 Å². The van der Waals surface area contributed by atoms with E-state index >= 15 is 0 Å². The number of pyridine rings is 1. The second kappa shape index (κ2) is 21.3. The van der Waals surface area contributed by atoms with Gasteiger partial charge in [0.1, 0.15) is 11.3 Å². The van der Waals surface area contributed by atoms with Gasteiger partial charge in [-0.15, -0.1) is 5.73 Å². The van der Waals surface area contributed by atoms with Gasteiger partial charge in [0.05, 0.1) is 16.9 Å². The first kappa shape index (κ1) is 44.9. The fourth-order valence-corrected chi connectivity index (χ4v) is 8.64. The zero-order valence-corrected chi connectivity index (χ0v) is 39.8. The van der Waals surface area contributed by atoms with Crippen LogP contribution in [-0.2, 0) is 52.0 Å². The van der Waals surface area contributed by atoms with Crippen LogP contribution in [0.15, 0.2) is 185 Å². The molecular formula is C58H53N3OY. The molecule has 3 aromatic heterocycles. The number of hydrogen-bond donors (Lipinski definition) is 0. The third-order valence-corrected chi connectivity index (χ3v) is 11.4. The summed E-state index contributed by atoms with van der Waals surface area (Å²) in [5.74, 6) is 1.05. The Morgan fingerprint density at radius 3 is 2.24 bits per heavy atom. The topological polar surface area (TPSA) is 43.3 Å². The summed E-state index contributed by atoms with van der Waals surface area (Å²) in [6.07, 6.45) is 19.9. The van der Waals surface area contributed by atoms with Crippen LogP contribution in [0.25, 0.3) is 73.2 Å². The Hall–Kier alpha value is -6.16. The molecule has 5 aromatic carbocycles. The van der Waals surface area contributed by atoms with Gasteiger partial charge in [-0.1, -0.05) is 138 Å². The Bertz CT molecular complexity index is 3040. The van der Waals surface area contributed by atoms with E-state index in [4.69, 9.17) is 14.4 Å². The molecule has 0 fully saturated rings. The van der Waals surface area contributed by atoms with Crippen molar-refractivity contribution in [1.29, 1.82) is 0 Å². The number of benzene rings is 5. The van der Waals surface area contributed by atoms with Crippen LogP contribution in [0.5, 0.6) is 0 Å². The van der Waals surface area contributed by atoms with Gasteiger partial charge in [-0.25, -0.2) is 0 Å². The van der Waals surface area contributed by atoms with Crippen LogP contribution in [-0.4, -0.2) is 15.3 Å². The van der Waals surface area contributed by atoms with E-state index in [1.807, 2.05) is 64.4 Å². The van der Waals surface area contributed by atoms with Gasteiger partial charge < -0.3 is 8.98 Å². The van der Waals surface area contributed by atoms with Crippen molar-refractivity contribution in [2.45, 2.75) is 60.3 Å². The maximum Gasteiger partial charge on any atom is 0.134 e. The zero-order valence-electron chi connectivity index (χ0n) is 37.0. The Labute approximate surface area is 397 Å². The number of fused-ring (bicyclic) bond motifs is 4. The molecule has 0 amide bonds. The van der Waals surface area contributed by atoms with E-state index in [0.29, 0.717) is 0 Å². The molecule has 0 saturated heterocycles. The van der Waals surface area contributed by atoms with Gasteiger partial charge >= 0.3 is 0 Å². The monoisotopic (exact) mass is 896 g/mol. The fraction of sp³-hybridized carbons (Fsp3) is 0.155. The van der Waals surface area contributed by atoms with Gasteiger partial charge in [0, 0.05) is 96.5 Å². The van der Waals surface area contributed by atoms with Crippen molar-refractivity contribution in [3.63, 3.8) is 0 Å². The molecule has 0 bridgehead atoms. The predicted molar refractivity (Wildman–Crippen MR) is 264 cm³/mol. The molecule has 0 N–H and O–H groups in total. The number of aliphatic imine (C=N–C) groups is 1. The molecule has 0 atom stereocenters. The van der Waals surface area contributed by atoms with E-state index in [9.17, 15) is 0 Å². The molecule has 4 nitrogen and oxygen atoms in total. The largest absolute Gasteiger partial charge is 0.460 e. The van der Waals surface area contributed by atoms with Crippen molar-refractivity contribution >= 4 is 45.4 Å². The molecule has 309 valence electrons. The molecule has 63 heavy (non-hydrogen) atoms. The third kappa shape index (κ3) is 9.31.